The first-order valence-corrected chi connectivity index (χ1v) is 8.32. The molecule has 2 aliphatic rings. The van der Waals surface area contributed by atoms with E-state index in [1.165, 1.54) is 6.92 Å². The number of esters is 1. The maximum absolute atomic E-state index is 12.5. The number of carbonyl (C=O) groups excluding carboxylic acids is 2. The lowest BCUT2D eigenvalue weighted by Crippen LogP contribution is -2.58. The van der Waals surface area contributed by atoms with Crippen LogP contribution in [0.2, 0.25) is 0 Å². The molecule has 3 rings (SSSR count). The molecule has 0 saturated carbocycles. The highest BCUT2D eigenvalue weighted by Crippen LogP contribution is 2.45. The van der Waals surface area contributed by atoms with Crippen LogP contribution in [-0.2, 0) is 19.1 Å². The summed E-state index contributed by atoms with van der Waals surface area (Å²) in [6, 6.07) is 7.05. The van der Waals surface area contributed by atoms with Crippen LogP contribution in [0.1, 0.15) is 20.8 Å². The molecule has 0 aliphatic carbocycles. The van der Waals surface area contributed by atoms with Crippen LogP contribution < -0.4 is 9.80 Å². The molecule has 2 heterocycles. The number of nitrogens with zero attached hydrogens (tertiary/aromatic N) is 2. The second-order valence-electron chi connectivity index (χ2n) is 5.96. The summed E-state index contributed by atoms with van der Waals surface area (Å²) in [5, 5.41) is 0. The molecule has 0 spiro atoms. The Balaban J connectivity index is 2.16. The molecular formula is C19H22N2O4. The monoisotopic (exact) mass is 342 g/mol. The van der Waals surface area contributed by atoms with Crippen LogP contribution in [0.4, 0.5) is 11.4 Å². The number of anilines is 2. The largest absolute Gasteiger partial charge is 0.472 e. The Labute approximate surface area is 147 Å². The van der Waals surface area contributed by atoms with Crippen LogP contribution in [-0.4, -0.2) is 37.3 Å². The van der Waals surface area contributed by atoms with Crippen molar-refractivity contribution in [2.45, 2.75) is 33.0 Å². The summed E-state index contributed by atoms with van der Waals surface area (Å²) in [7, 11) is 0. The van der Waals surface area contributed by atoms with Gasteiger partial charge in [-0.15, -0.1) is 6.58 Å². The fourth-order valence-electron chi connectivity index (χ4n) is 3.53. The Morgan fingerprint density at radius 2 is 2.00 bits per heavy atom. The van der Waals surface area contributed by atoms with Crippen molar-refractivity contribution in [3.63, 3.8) is 0 Å². The first-order valence-electron chi connectivity index (χ1n) is 8.32. The van der Waals surface area contributed by atoms with Gasteiger partial charge in [-0.1, -0.05) is 18.2 Å². The third-order valence-electron chi connectivity index (χ3n) is 4.44. The zero-order valence-electron chi connectivity index (χ0n) is 14.7. The van der Waals surface area contributed by atoms with Crippen LogP contribution in [0, 0.1) is 0 Å². The SMILES string of the molecule is C=CCN1c2ccccc2N(C(C)=O)[C@@H]2C(C(=O)OCC)=C(C)O[C@H]21. The van der Waals surface area contributed by atoms with E-state index < -0.39 is 18.2 Å². The quantitative estimate of drug-likeness (QED) is 0.622. The highest BCUT2D eigenvalue weighted by molar-refractivity contribution is 6.02. The van der Waals surface area contributed by atoms with E-state index in [-0.39, 0.29) is 12.5 Å². The molecule has 1 aromatic rings. The lowest BCUT2D eigenvalue weighted by atomic mass is 9.98. The van der Waals surface area contributed by atoms with Crippen molar-refractivity contribution < 1.29 is 19.1 Å². The lowest BCUT2D eigenvalue weighted by Gasteiger charge is -2.45. The van der Waals surface area contributed by atoms with E-state index in [1.54, 1.807) is 24.8 Å². The number of fused-ring (bicyclic) bond motifs is 2. The number of ether oxygens (including phenoxy) is 2. The predicted octanol–water partition coefficient (Wildman–Crippen LogP) is 2.61. The van der Waals surface area contributed by atoms with Crippen LogP contribution in [0.25, 0.3) is 0 Å². The fraction of sp³-hybridized carbons (Fsp3) is 0.368. The van der Waals surface area contributed by atoms with Gasteiger partial charge in [0.05, 0.1) is 18.0 Å². The topological polar surface area (TPSA) is 59.1 Å². The molecule has 1 aromatic carbocycles. The minimum atomic E-state index is -0.550. The standard InChI is InChI=1S/C19H22N2O4/c1-5-11-20-14-9-7-8-10-15(14)21(13(4)22)17-16(19(23)24-6-2)12(3)25-18(17)20/h5,7-10,17-18H,1,6,11H2,2-4H3/t17-,18-/m1/s1. The Hall–Kier alpha value is -2.76. The van der Waals surface area contributed by atoms with Gasteiger partial charge in [0.1, 0.15) is 17.4 Å². The van der Waals surface area contributed by atoms with Gasteiger partial charge >= 0.3 is 5.97 Å². The van der Waals surface area contributed by atoms with E-state index in [0.717, 1.165) is 11.4 Å². The van der Waals surface area contributed by atoms with E-state index in [4.69, 9.17) is 9.47 Å². The molecule has 2 aliphatic heterocycles. The van der Waals surface area contributed by atoms with Crippen molar-refractivity contribution in [2.24, 2.45) is 0 Å². The number of carbonyl (C=O) groups is 2. The van der Waals surface area contributed by atoms with Crippen LogP contribution in [0.15, 0.2) is 48.3 Å². The number of hydrogen-bond acceptors (Lipinski definition) is 5. The van der Waals surface area contributed by atoms with Crippen LogP contribution >= 0.6 is 0 Å². The normalized spacial score (nSPS) is 21.4. The van der Waals surface area contributed by atoms with E-state index in [1.807, 2.05) is 29.2 Å². The Morgan fingerprint density at radius 3 is 2.60 bits per heavy atom. The average Bonchev–Trinajstić information content (AvgIpc) is 2.91. The van der Waals surface area contributed by atoms with Crippen molar-refractivity contribution in [3.8, 4) is 0 Å². The van der Waals surface area contributed by atoms with E-state index >= 15 is 0 Å². The molecule has 1 amide bonds. The number of allylic oxidation sites excluding steroid dienone is 1. The van der Waals surface area contributed by atoms with Crippen molar-refractivity contribution in [1.29, 1.82) is 0 Å². The van der Waals surface area contributed by atoms with Crippen LogP contribution in [0.5, 0.6) is 0 Å². The van der Waals surface area contributed by atoms with Crippen molar-refractivity contribution >= 4 is 23.3 Å². The summed E-state index contributed by atoms with van der Waals surface area (Å²) in [6.45, 7) is 9.60. The Kier molecular flexibility index (Phi) is 4.53. The zero-order chi connectivity index (χ0) is 18.1. The molecule has 25 heavy (non-hydrogen) atoms. The number of amides is 1. The molecule has 6 nitrogen and oxygen atoms in total. The zero-order valence-corrected chi connectivity index (χ0v) is 14.7. The van der Waals surface area contributed by atoms with Gasteiger partial charge in [-0.3, -0.25) is 9.69 Å². The number of rotatable bonds is 4. The molecule has 0 radical (unpaired) electrons. The van der Waals surface area contributed by atoms with Gasteiger partial charge in [0, 0.05) is 13.5 Å². The maximum Gasteiger partial charge on any atom is 0.339 e. The van der Waals surface area contributed by atoms with E-state index in [9.17, 15) is 9.59 Å². The molecule has 0 bridgehead atoms. The first-order chi connectivity index (χ1) is 12.0. The van der Waals surface area contributed by atoms with E-state index in [2.05, 4.69) is 6.58 Å². The summed E-state index contributed by atoms with van der Waals surface area (Å²) in [5.41, 5.74) is 2.01. The Bertz CT molecular complexity index is 756. The fourth-order valence-corrected chi connectivity index (χ4v) is 3.53. The van der Waals surface area contributed by atoms with Gasteiger partial charge in [-0.2, -0.15) is 0 Å². The Morgan fingerprint density at radius 1 is 1.32 bits per heavy atom. The average molecular weight is 342 g/mol. The molecule has 132 valence electrons. The van der Waals surface area contributed by atoms with Crippen molar-refractivity contribution in [3.05, 3.63) is 48.3 Å². The summed E-state index contributed by atoms with van der Waals surface area (Å²) in [6.07, 6.45) is 1.29. The number of benzene rings is 1. The minimum Gasteiger partial charge on any atom is -0.472 e. The third-order valence-corrected chi connectivity index (χ3v) is 4.44. The summed E-state index contributed by atoms with van der Waals surface area (Å²) in [4.78, 5) is 28.6. The molecule has 0 saturated heterocycles. The smallest absolute Gasteiger partial charge is 0.339 e. The summed E-state index contributed by atoms with van der Waals surface area (Å²) in [5.74, 6) is -0.112. The van der Waals surface area contributed by atoms with Crippen molar-refractivity contribution in [2.75, 3.05) is 23.0 Å². The van der Waals surface area contributed by atoms with E-state index in [0.29, 0.717) is 17.9 Å². The van der Waals surface area contributed by atoms with Gasteiger partial charge in [0.25, 0.3) is 0 Å². The predicted molar refractivity (Wildman–Crippen MR) is 95.1 cm³/mol. The number of para-hydroxylation sites is 2. The van der Waals surface area contributed by atoms with Gasteiger partial charge < -0.3 is 14.4 Å². The second kappa shape index (κ2) is 6.63. The van der Waals surface area contributed by atoms with Gasteiger partial charge in [0.15, 0.2) is 6.23 Å². The first kappa shape index (κ1) is 17.1. The maximum atomic E-state index is 12.5. The third kappa shape index (κ3) is 2.67. The number of hydrogen-bond donors (Lipinski definition) is 0. The summed E-state index contributed by atoms with van der Waals surface area (Å²) >= 11 is 0. The molecule has 0 fully saturated rings. The van der Waals surface area contributed by atoms with Gasteiger partial charge in [-0.05, 0) is 26.0 Å². The van der Waals surface area contributed by atoms with Gasteiger partial charge in [0.2, 0.25) is 5.91 Å². The highest BCUT2D eigenvalue weighted by atomic mass is 16.5. The molecule has 0 unspecified atom stereocenters. The second-order valence-corrected chi connectivity index (χ2v) is 5.96. The minimum absolute atomic E-state index is 0.152. The van der Waals surface area contributed by atoms with Gasteiger partial charge in [-0.25, -0.2) is 4.79 Å². The molecule has 6 heteroatoms. The molecule has 2 atom stereocenters. The molecule has 0 N–H and O–H groups in total. The molecular weight excluding hydrogens is 320 g/mol. The lowest BCUT2D eigenvalue weighted by molar-refractivity contribution is -0.138. The summed E-state index contributed by atoms with van der Waals surface area (Å²) < 4.78 is 11.2. The molecule has 0 aromatic heterocycles. The van der Waals surface area contributed by atoms with Crippen LogP contribution in [0.3, 0.4) is 0 Å². The highest BCUT2D eigenvalue weighted by Gasteiger charge is 2.51. The van der Waals surface area contributed by atoms with Crippen molar-refractivity contribution in [1.82, 2.24) is 0 Å².